The molecule has 2 heteroatoms. The van der Waals surface area contributed by atoms with Crippen molar-refractivity contribution in [3.63, 3.8) is 0 Å². The molecule has 3 aliphatic rings. The van der Waals surface area contributed by atoms with Gasteiger partial charge >= 0.3 is 5.97 Å². The van der Waals surface area contributed by atoms with Gasteiger partial charge in [-0.05, 0) is 82.1 Å². The number of carbonyl (C=O) groups is 1. The molecule has 3 unspecified atom stereocenters. The molecular formula is C24H36O2. The Labute approximate surface area is 159 Å². The molecule has 3 rings (SSSR count). The van der Waals surface area contributed by atoms with Gasteiger partial charge in [0, 0.05) is 5.57 Å². The molecule has 0 heterocycles. The van der Waals surface area contributed by atoms with Crippen LogP contribution in [0.25, 0.3) is 0 Å². The fourth-order valence-corrected chi connectivity index (χ4v) is 5.46. The van der Waals surface area contributed by atoms with E-state index in [0.717, 1.165) is 24.2 Å². The quantitative estimate of drug-likeness (QED) is 0.133. The Balaban J connectivity index is 1.17. The second-order valence-electron chi connectivity index (χ2n) is 8.70. The highest BCUT2D eigenvalue weighted by atomic mass is 16.5. The van der Waals surface area contributed by atoms with Crippen LogP contribution < -0.4 is 0 Å². The molecule has 0 spiro atoms. The summed E-state index contributed by atoms with van der Waals surface area (Å²) >= 11 is 0. The first-order valence-electron chi connectivity index (χ1n) is 10.9. The molecule has 2 saturated carbocycles. The fourth-order valence-electron chi connectivity index (χ4n) is 5.46. The highest BCUT2D eigenvalue weighted by Gasteiger charge is 2.44. The van der Waals surface area contributed by atoms with Gasteiger partial charge in [-0.3, -0.25) is 0 Å². The molecule has 0 aromatic rings. The number of ether oxygens (including phenoxy) is 1. The molecule has 0 saturated heterocycles. The van der Waals surface area contributed by atoms with Gasteiger partial charge in [0.1, 0.15) is 0 Å². The third-order valence-corrected chi connectivity index (χ3v) is 6.76. The Bertz CT molecular complexity index is 569. The molecule has 144 valence electrons. The number of rotatable bonds is 11. The smallest absolute Gasteiger partial charge is 0.337 e. The van der Waals surface area contributed by atoms with Crippen LogP contribution in [-0.4, -0.2) is 5.97 Å². The van der Waals surface area contributed by atoms with E-state index in [-0.39, 0.29) is 5.97 Å². The van der Waals surface area contributed by atoms with Crippen LogP contribution in [0.1, 0.15) is 90.4 Å². The Kier molecular flexibility index (Phi) is 7.16. The zero-order valence-corrected chi connectivity index (χ0v) is 16.6. The predicted octanol–water partition coefficient (Wildman–Crippen LogP) is 6.88. The van der Waals surface area contributed by atoms with Gasteiger partial charge in [-0.25, -0.2) is 4.79 Å². The Morgan fingerprint density at radius 3 is 2.69 bits per heavy atom. The average molecular weight is 357 g/mol. The summed E-state index contributed by atoms with van der Waals surface area (Å²) < 4.78 is 4.94. The molecule has 0 aliphatic heterocycles. The number of hydrogen-bond donors (Lipinski definition) is 0. The van der Waals surface area contributed by atoms with Crippen LogP contribution in [0.4, 0.5) is 0 Å². The minimum Gasteiger partial charge on any atom is -0.431 e. The maximum absolute atomic E-state index is 11.2. The monoisotopic (exact) mass is 356 g/mol. The lowest BCUT2D eigenvalue weighted by Gasteiger charge is -2.20. The average Bonchev–Trinajstić information content (AvgIpc) is 3.33. The normalized spacial score (nSPS) is 26.7. The van der Waals surface area contributed by atoms with Gasteiger partial charge in [-0.1, -0.05) is 49.8 Å². The second-order valence-corrected chi connectivity index (χ2v) is 8.70. The molecule has 0 aromatic heterocycles. The second kappa shape index (κ2) is 9.58. The first-order valence-corrected chi connectivity index (χ1v) is 10.9. The molecular weight excluding hydrogens is 320 g/mol. The van der Waals surface area contributed by atoms with E-state index in [1.807, 2.05) is 17.2 Å². The van der Waals surface area contributed by atoms with E-state index in [0.29, 0.717) is 5.57 Å². The Hall–Kier alpha value is -1.31. The molecule has 2 nitrogen and oxygen atoms in total. The van der Waals surface area contributed by atoms with Gasteiger partial charge in [0.25, 0.3) is 0 Å². The molecule has 0 N–H and O–H groups in total. The van der Waals surface area contributed by atoms with Crippen LogP contribution in [-0.2, 0) is 9.53 Å². The highest BCUT2D eigenvalue weighted by molar-refractivity contribution is 5.87. The van der Waals surface area contributed by atoms with E-state index >= 15 is 0 Å². The van der Waals surface area contributed by atoms with Crippen LogP contribution >= 0.6 is 0 Å². The van der Waals surface area contributed by atoms with E-state index < -0.39 is 0 Å². The molecule has 3 atom stereocenters. The van der Waals surface area contributed by atoms with Crippen molar-refractivity contribution in [3.8, 4) is 0 Å². The summed E-state index contributed by atoms with van der Waals surface area (Å²) in [5, 5.41) is 0. The minimum absolute atomic E-state index is 0.336. The molecule has 0 amide bonds. The van der Waals surface area contributed by atoms with Crippen LogP contribution in [0.5, 0.6) is 0 Å². The zero-order valence-electron chi connectivity index (χ0n) is 16.6. The number of allylic oxidation sites excluding steroid dienone is 3. The molecule has 2 bridgehead atoms. The van der Waals surface area contributed by atoms with Gasteiger partial charge in [0.05, 0.1) is 6.26 Å². The highest BCUT2D eigenvalue weighted by Crippen LogP contribution is 2.57. The first-order chi connectivity index (χ1) is 12.7. The van der Waals surface area contributed by atoms with E-state index in [9.17, 15) is 4.79 Å². The SMILES string of the molecule is C=C(C)C(=O)OC=CCCCCCCCCC1CCC2C1=C1CCC2C1. The molecule has 0 aromatic carbocycles. The summed E-state index contributed by atoms with van der Waals surface area (Å²) in [6, 6.07) is 0. The zero-order chi connectivity index (χ0) is 18.4. The maximum atomic E-state index is 11.2. The van der Waals surface area contributed by atoms with Crippen molar-refractivity contribution in [2.75, 3.05) is 0 Å². The van der Waals surface area contributed by atoms with Crippen molar-refractivity contribution >= 4 is 5.97 Å². The number of hydrogen-bond acceptors (Lipinski definition) is 2. The third-order valence-electron chi connectivity index (χ3n) is 6.76. The largest absolute Gasteiger partial charge is 0.431 e. The van der Waals surface area contributed by atoms with Crippen LogP contribution in [0, 0.1) is 17.8 Å². The number of esters is 1. The lowest BCUT2D eigenvalue weighted by Crippen LogP contribution is -2.09. The summed E-state index contributed by atoms with van der Waals surface area (Å²) in [7, 11) is 0. The van der Waals surface area contributed by atoms with Crippen LogP contribution in [0.15, 0.2) is 35.6 Å². The number of unbranched alkanes of at least 4 members (excludes halogenated alkanes) is 6. The van der Waals surface area contributed by atoms with Crippen molar-refractivity contribution in [2.45, 2.75) is 90.4 Å². The Morgan fingerprint density at radius 1 is 1.12 bits per heavy atom. The lowest BCUT2D eigenvalue weighted by atomic mass is 9.85. The number of fused-ring (bicyclic) bond motifs is 4. The van der Waals surface area contributed by atoms with Crippen molar-refractivity contribution < 1.29 is 9.53 Å². The molecule has 3 aliphatic carbocycles. The van der Waals surface area contributed by atoms with Gasteiger partial charge in [0.15, 0.2) is 0 Å². The van der Waals surface area contributed by atoms with E-state index in [2.05, 4.69) is 6.58 Å². The molecule has 26 heavy (non-hydrogen) atoms. The summed E-state index contributed by atoms with van der Waals surface area (Å²) in [4.78, 5) is 11.2. The lowest BCUT2D eigenvalue weighted by molar-refractivity contribution is -0.133. The predicted molar refractivity (Wildman–Crippen MR) is 108 cm³/mol. The van der Waals surface area contributed by atoms with E-state index in [4.69, 9.17) is 4.74 Å². The van der Waals surface area contributed by atoms with Crippen molar-refractivity contribution in [3.05, 3.63) is 35.6 Å². The first kappa shape index (κ1) is 19.5. The summed E-state index contributed by atoms with van der Waals surface area (Å²) in [6.45, 7) is 5.22. The van der Waals surface area contributed by atoms with Crippen molar-refractivity contribution in [2.24, 2.45) is 17.8 Å². The van der Waals surface area contributed by atoms with Crippen LogP contribution in [0.3, 0.4) is 0 Å². The molecule has 0 radical (unpaired) electrons. The topological polar surface area (TPSA) is 26.3 Å². The fraction of sp³-hybridized carbons (Fsp3) is 0.708. The summed E-state index contributed by atoms with van der Waals surface area (Å²) in [5.41, 5.74) is 4.30. The number of carbonyl (C=O) groups excluding carboxylic acids is 1. The molecule has 2 fully saturated rings. The maximum Gasteiger partial charge on any atom is 0.337 e. The Morgan fingerprint density at radius 2 is 1.88 bits per heavy atom. The van der Waals surface area contributed by atoms with E-state index in [1.165, 1.54) is 83.3 Å². The van der Waals surface area contributed by atoms with Gasteiger partial charge in [-0.15, -0.1) is 0 Å². The summed E-state index contributed by atoms with van der Waals surface area (Å²) in [6.07, 6.45) is 21.3. The third kappa shape index (κ3) is 4.90. The van der Waals surface area contributed by atoms with Gasteiger partial charge in [-0.2, -0.15) is 0 Å². The van der Waals surface area contributed by atoms with Crippen LogP contribution in [0.2, 0.25) is 0 Å². The van der Waals surface area contributed by atoms with E-state index in [1.54, 1.807) is 6.92 Å². The standard InChI is InChI=1S/C24H36O2/c1-18(2)24(25)26-16-10-8-6-4-3-5-7-9-11-19-14-15-22-20-12-13-21(17-20)23(19)22/h10,16,19-20,22H,1,3-9,11-15,17H2,2H3. The van der Waals surface area contributed by atoms with Crippen molar-refractivity contribution in [1.29, 1.82) is 0 Å². The van der Waals surface area contributed by atoms with Crippen molar-refractivity contribution in [1.82, 2.24) is 0 Å². The summed E-state index contributed by atoms with van der Waals surface area (Å²) in [5.74, 6) is 2.71. The van der Waals surface area contributed by atoms with Gasteiger partial charge < -0.3 is 4.74 Å². The van der Waals surface area contributed by atoms with Gasteiger partial charge in [0.2, 0.25) is 0 Å². The minimum atomic E-state index is -0.336.